The number of hydrazine groups is 1. The number of nitrogens with one attached hydrogen (secondary N) is 4. The number of thioether (sulfide) groups is 1. The molecule has 1 amide bonds. The zero-order valence-electron chi connectivity index (χ0n) is 19.3. The van der Waals surface area contributed by atoms with E-state index in [9.17, 15) is 4.79 Å². The Kier molecular flexibility index (Phi) is 7.32. The van der Waals surface area contributed by atoms with Crippen LogP contribution < -0.4 is 30.5 Å². The van der Waals surface area contributed by atoms with Gasteiger partial charge in [-0.25, -0.2) is 10.4 Å². The van der Waals surface area contributed by atoms with E-state index in [0.29, 0.717) is 33.2 Å². The summed E-state index contributed by atoms with van der Waals surface area (Å²) in [4.78, 5) is 19.4. The van der Waals surface area contributed by atoms with Crippen LogP contribution in [0.15, 0.2) is 41.4 Å². The van der Waals surface area contributed by atoms with Crippen molar-refractivity contribution in [3.05, 3.63) is 47.0 Å². The second kappa shape index (κ2) is 10.2. The third-order valence-corrected chi connectivity index (χ3v) is 6.95. The van der Waals surface area contributed by atoms with Crippen LogP contribution in [0.2, 0.25) is 5.02 Å². The van der Waals surface area contributed by atoms with E-state index in [1.165, 1.54) is 18.9 Å². The minimum atomic E-state index is -0.287. The smallest absolute Gasteiger partial charge is 0.234 e. The Labute approximate surface area is 207 Å². The fourth-order valence-corrected chi connectivity index (χ4v) is 4.99. The Morgan fingerprint density at radius 1 is 1.24 bits per heavy atom. The van der Waals surface area contributed by atoms with Crippen molar-refractivity contribution in [3.8, 4) is 11.5 Å². The molecular formula is C23H27ClN6O3S. The number of amides is 1. The summed E-state index contributed by atoms with van der Waals surface area (Å²) in [6, 6.07) is 10.8. The van der Waals surface area contributed by atoms with Gasteiger partial charge in [-0.3, -0.25) is 20.5 Å². The van der Waals surface area contributed by atoms with E-state index >= 15 is 0 Å². The summed E-state index contributed by atoms with van der Waals surface area (Å²) < 4.78 is 10.6. The zero-order valence-corrected chi connectivity index (χ0v) is 20.9. The molecule has 4 N–H and O–H groups in total. The third-order valence-electron chi connectivity index (χ3n) is 5.76. The molecule has 2 aromatic rings. The molecule has 3 unspecified atom stereocenters. The lowest BCUT2D eigenvalue weighted by Crippen LogP contribution is -2.50. The van der Waals surface area contributed by atoms with Crippen molar-refractivity contribution in [2.45, 2.75) is 26.1 Å². The van der Waals surface area contributed by atoms with Crippen LogP contribution in [0.3, 0.4) is 0 Å². The normalized spacial score (nSPS) is 21.7. The molecule has 3 atom stereocenters. The molecule has 0 spiro atoms. The van der Waals surface area contributed by atoms with Crippen LogP contribution in [-0.4, -0.2) is 49.1 Å². The lowest BCUT2D eigenvalue weighted by molar-refractivity contribution is -0.113. The van der Waals surface area contributed by atoms with E-state index in [4.69, 9.17) is 31.5 Å². The zero-order chi connectivity index (χ0) is 24.4. The average Bonchev–Trinajstić information content (AvgIpc) is 3.20. The molecule has 9 nitrogen and oxygen atoms in total. The van der Waals surface area contributed by atoms with Crippen molar-refractivity contribution in [2.75, 3.05) is 30.2 Å². The number of fused-ring (bicyclic) bond motifs is 1. The minimum absolute atomic E-state index is 0.0284. The molecule has 4 rings (SSSR count). The molecule has 2 aromatic carbocycles. The fraction of sp³-hybridized carbons (Fsp3) is 0.348. The molecule has 0 bridgehead atoms. The fourth-order valence-electron chi connectivity index (χ4n) is 3.97. The summed E-state index contributed by atoms with van der Waals surface area (Å²) in [5.41, 5.74) is 8.59. The molecule has 2 heterocycles. The number of methoxy groups -OCH3 is 2. The van der Waals surface area contributed by atoms with Gasteiger partial charge >= 0.3 is 0 Å². The van der Waals surface area contributed by atoms with Crippen molar-refractivity contribution in [1.82, 2.24) is 10.9 Å². The van der Waals surface area contributed by atoms with Crippen LogP contribution in [0.25, 0.3) is 0 Å². The van der Waals surface area contributed by atoms with Gasteiger partial charge in [0.15, 0.2) is 5.17 Å². The number of aryl methyl sites for hydroxylation is 1. The predicted molar refractivity (Wildman–Crippen MR) is 137 cm³/mol. The van der Waals surface area contributed by atoms with Crippen LogP contribution in [-0.2, 0) is 4.79 Å². The van der Waals surface area contributed by atoms with Gasteiger partial charge < -0.3 is 14.8 Å². The van der Waals surface area contributed by atoms with Crippen LogP contribution in [0.4, 0.5) is 11.4 Å². The van der Waals surface area contributed by atoms with Crippen molar-refractivity contribution < 1.29 is 14.3 Å². The molecule has 1 saturated heterocycles. The number of nitrogens with zero attached hydrogens (tertiary/aromatic N) is 2. The molecule has 0 radical (unpaired) electrons. The summed E-state index contributed by atoms with van der Waals surface area (Å²) in [6.07, 6.45) is -0.287. The molecule has 2 aliphatic rings. The number of hydrogen-bond donors (Lipinski definition) is 4. The van der Waals surface area contributed by atoms with E-state index in [0.717, 1.165) is 11.3 Å². The number of rotatable bonds is 6. The van der Waals surface area contributed by atoms with E-state index < -0.39 is 0 Å². The summed E-state index contributed by atoms with van der Waals surface area (Å²) in [6.45, 7) is 3.98. The van der Waals surface area contributed by atoms with Crippen LogP contribution in [0.1, 0.15) is 12.5 Å². The second-order valence-corrected chi connectivity index (χ2v) is 9.39. The van der Waals surface area contributed by atoms with E-state index in [-0.39, 0.29) is 29.8 Å². The molecule has 180 valence electrons. The first kappa shape index (κ1) is 24.3. The summed E-state index contributed by atoms with van der Waals surface area (Å²) >= 11 is 7.55. The third kappa shape index (κ3) is 4.85. The standard InChI is InChI=1S/C23H27ClN6O3S/c1-12-5-6-14(24)9-17(12)30-21(25)20-13(2)28-29-22(20)27-23(30)34-11-19(31)26-16-8-7-15(32-3)10-18(16)33-4/h5-10,13,20,22,25,28-29H,11H2,1-4H3,(H,26,31). The average molecular weight is 503 g/mol. The number of amidine groups is 2. The predicted octanol–water partition coefficient (Wildman–Crippen LogP) is 3.63. The SMILES string of the molecule is COc1ccc(NC(=O)CSC2=NC3NNC(C)C3C(=N)N2c2cc(Cl)ccc2C)c(OC)c1. The Hall–Kier alpha value is -2.79. The topological polar surface area (TPSA) is 111 Å². The monoisotopic (exact) mass is 502 g/mol. The first-order chi connectivity index (χ1) is 16.3. The largest absolute Gasteiger partial charge is 0.497 e. The number of ether oxygens (including phenoxy) is 2. The van der Waals surface area contributed by atoms with Gasteiger partial charge in [0.05, 0.1) is 37.3 Å². The van der Waals surface area contributed by atoms with Crippen molar-refractivity contribution in [3.63, 3.8) is 0 Å². The maximum atomic E-state index is 12.8. The highest BCUT2D eigenvalue weighted by atomic mass is 35.5. The van der Waals surface area contributed by atoms with Gasteiger partial charge in [-0.05, 0) is 43.7 Å². The highest BCUT2D eigenvalue weighted by Gasteiger charge is 2.44. The molecular weight excluding hydrogens is 476 g/mol. The van der Waals surface area contributed by atoms with Crippen LogP contribution in [0, 0.1) is 18.3 Å². The molecule has 0 aromatic heterocycles. The number of benzene rings is 2. The van der Waals surface area contributed by atoms with E-state index in [2.05, 4.69) is 16.2 Å². The van der Waals surface area contributed by atoms with Crippen molar-refractivity contribution in [2.24, 2.45) is 10.9 Å². The van der Waals surface area contributed by atoms with E-state index in [1.54, 1.807) is 30.2 Å². The quantitative estimate of drug-likeness (QED) is 0.477. The highest BCUT2D eigenvalue weighted by molar-refractivity contribution is 8.14. The maximum absolute atomic E-state index is 12.8. The molecule has 1 fully saturated rings. The van der Waals surface area contributed by atoms with E-state index in [1.807, 2.05) is 32.0 Å². The van der Waals surface area contributed by atoms with Gasteiger partial charge in [0.1, 0.15) is 23.5 Å². The Balaban J connectivity index is 1.56. The van der Waals surface area contributed by atoms with Gasteiger partial charge in [0, 0.05) is 17.1 Å². The van der Waals surface area contributed by atoms with Gasteiger partial charge in [-0.2, -0.15) is 0 Å². The summed E-state index contributed by atoms with van der Waals surface area (Å²) in [5.74, 6) is 1.25. The molecule has 34 heavy (non-hydrogen) atoms. The summed E-state index contributed by atoms with van der Waals surface area (Å²) in [7, 11) is 3.10. The molecule has 0 saturated carbocycles. The number of halogens is 1. The number of aliphatic imine (C=N–C) groups is 1. The first-order valence-corrected chi connectivity index (χ1v) is 12.1. The Morgan fingerprint density at radius 2 is 2.03 bits per heavy atom. The van der Waals surface area contributed by atoms with Gasteiger partial charge in [0.25, 0.3) is 0 Å². The molecule has 0 aliphatic carbocycles. The van der Waals surface area contributed by atoms with Crippen molar-refractivity contribution >= 4 is 51.6 Å². The lowest BCUT2D eigenvalue weighted by atomic mass is 9.96. The van der Waals surface area contributed by atoms with Gasteiger partial charge in [0.2, 0.25) is 5.91 Å². The number of hydrogen-bond acceptors (Lipinski definition) is 8. The minimum Gasteiger partial charge on any atom is -0.497 e. The highest BCUT2D eigenvalue weighted by Crippen LogP contribution is 2.35. The van der Waals surface area contributed by atoms with Crippen molar-refractivity contribution in [1.29, 1.82) is 5.41 Å². The number of carbonyl (C=O) groups excluding carboxylic acids is 1. The van der Waals surface area contributed by atoms with Crippen LogP contribution in [0.5, 0.6) is 11.5 Å². The number of anilines is 2. The maximum Gasteiger partial charge on any atom is 0.234 e. The molecule has 2 aliphatic heterocycles. The lowest BCUT2D eigenvalue weighted by Gasteiger charge is -2.36. The van der Waals surface area contributed by atoms with Gasteiger partial charge in [-0.1, -0.05) is 29.4 Å². The Bertz CT molecular complexity index is 1140. The van der Waals surface area contributed by atoms with Crippen LogP contribution >= 0.6 is 23.4 Å². The number of carbonyl (C=O) groups is 1. The Morgan fingerprint density at radius 3 is 2.76 bits per heavy atom. The van der Waals surface area contributed by atoms with Gasteiger partial charge in [-0.15, -0.1) is 0 Å². The second-order valence-electron chi connectivity index (χ2n) is 8.01. The molecule has 11 heteroatoms. The first-order valence-electron chi connectivity index (χ1n) is 10.7. The summed E-state index contributed by atoms with van der Waals surface area (Å²) in [5, 5.41) is 13.0.